The molecule has 2 aliphatic rings. The number of carbonyl (C=O) groups is 1. The van der Waals surface area contributed by atoms with E-state index in [-0.39, 0.29) is 17.6 Å². The van der Waals surface area contributed by atoms with Crippen LogP contribution in [0.2, 0.25) is 0 Å². The van der Waals surface area contributed by atoms with Gasteiger partial charge in [0.15, 0.2) is 5.75 Å². The normalized spacial score (nSPS) is 19.1. The minimum absolute atomic E-state index is 0.00110. The molecule has 2 fully saturated rings. The van der Waals surface area contributed by atoms with Crippen molar-refractivity contribution in [3.8, 4) is 5.75 Å². The quantitative estimate of drug-likeness (QED) is 0.557. The van der Waals surface area contributed by atoms with Crippen LogP contribution in [0.1, 0.15) is 44.9 Å². The van der Waals surface area contributed by atoms with Crippen LogP contribution in [-0.2, 0) is 4.79 Å². The molecule has 0 unspecified atom stereocenters. The van der Waals surface area contributed by atoms with Gasteiger partial charge in [-0.2, -0.15) is 0 Å². The zero-order valence-corrected chi connectivity index (χ0v) is 15.8. The summed E-state index contributed by atoms with van der Waals surface area (Å²) in [6, 6.07) is 6.73. The first-order chi connectivity index (χ1) is 13.1. The van der Waals surface area contributed by atoms with Crippen LogP contribution in [0.3, 0.4) is 0 Å². The highest BCUT2D eigenvalue weighted by atomic mass is 16.6. The average Bonchev–Trinajstić information content (AvgIpc) is 3.16. The summed E-state index contributed by atoms with van der Waals surface area (Å²) in [5.41, 5.74) is 0.00110. The second-order valence-electron chi connectivity index (χ2n) is 7.61. The number of carbonyl (C=O) groups excluding carboxylic acids is 1. The molecule has 1 aromatic carbocycles. The molecule has 1 aliphatic carbocycles. The molecule has 7 nitrogen and oxygen atoms in total. The number of nitro benzene ring substituents is 1. The van der Waals surface area contributed by atoms with Gasteiger partial charge in [0.05, 0.1) is 4.92 Å². The number of nitrogens with one attached hydrogen (secondary N) is 1. The number of ether oxygens (including phenoxy) is 1. The largest absolute Gasteiger partial charge is 0.485 e. The van der Waals surface area contributed by atoms with Crippen LogP contribution in [0.5, 0.6) is 5.75 Å². The summed E-state index contributed by atoms with van der Waals surface area (Å²) < 4.78 is 5.61. The third kappa shape index (κ3) is 5.92. The van der Waals surface area contributed by atoms with Crippen LogP contribution in [0, 0.1) is 16.0 Å². The molecule has 0 spiro atoms. The van der Waals surface area contributed by atoms with E-state index in [0.717, 1.165) is 32.5 Å². The number of hydrogen-bond acceptors (Lipinski definition) is 5. The molecule has 1 amide bonds. The Kier molecular flexibility index (Phi) is 7.04. The Labute approximate surface area is 160 Å². The predicted molar refractivity (Wildman–Crippen MR) is 103 cm³/mol. The molecule has 0 bridgehead atoms. The monoisotopic (exact) mass is 375 g/mol. The van der Waals surface area contributed by atoms with E-state index < -0.39 is 4.92 Å². The summed E-state index contributed by atoms with van der Waals surface area (Å²) in [4.78, 5) is 25.0. The molecule has 0 atom stereocenters. The van der Waals surface area contributed by atoms with Gasteiger partial charge in [-0.25, -0.2) is 0 Å². The van der Waals surface area contributed by atoms with Gasteiger partial charge in [0, 0.05) is 38.2 Å². The first kappa shape index (κ1) is 19.6. The molecule has 1 saturated heterocycles. The molecule has 148 valence electrons. The van der Waals surface area contributed by atoms with Gasteiger partial charge in [-0.05, 0) is 37.7 Å². The van der Waals surface area contributed by atoms with Crippen molar-refractivity contribution in [2.45, 2.75) is 51.0 Å². The molecule has 27 heavy (non-hydrogen) atoms. The van der Waals surface area contributed by atoms with Crippen molar-refractivity contribution in [2.75, 3.05) is 26.2 Å². The van der Waals surface area contributed by atoms with Gasteiger partial charge in [-0.1, -0.05) is 25.0 Å². The maximum Gasteiger partial charge on any atom is 0.310 e. The molecule has 1 heterocycles. The lowest BCUT2D eigenvalue weighted by atomic mass is 10.0. The zero-order chi connectivity index (χ0) is 19.1. The van der Waals surface area contributed by atoms with Gasteiger partial charge in [0.25, 0.3) is 0 Å². The highest BCUT2D eigenvalue weighted by Gasteiger charge is 2.23. The third-order valence-electron chi connectivity index (χ3n) is 5.63. The van der Waals surface area contributed by atoms with E-state index in [1.165, 1.54) is 31.7 Å². The minimum Gasteiger partial charge on any atom is -0.485 e. The van der Waals surface area contributed by atoms with Crippen molar-refractivity contribution in [3.63, 3.8) is 0 Å². The van der Waals surface area contributed by atoms with E-state index in [2.05, 4.69) is 10.2 Å². The number of amides is 1. The maximum atomic E-state index is 12.2. The van der Waals surface area contributed by atoms with Crippen LogP contribution in [0.4, 0.5) is 5.69 Å². The van der Waals surface area contributed by atoms with Crippen LogP contribution >= 0.6 is 0 Å². The number of piperidine rings is 1. The minimum atomic E-state index is -0.422. The summed E-state index contributed by atoms with van der Waals surface area (Å²) in [7, 11) is 0. The Morgan fingerprint density at radius 1 is 1.19 bits per heavy atom. The van der Waals surface area contributed by atoms with Crippen molar-refractivity contribution < 1.29 is 14.5 Å². The Hall–Kier alpha value is -2.15. The van der Waals surface area contributed by atoms with E-state index in [1.54, 1.807) is 18.2 Å². The molecular weight excluding hydrogens is 346 g/mol. The second kappa shape index (κ2) is 9.69. The van der Waals surface area contributed by atoms with E-state index in [0.29, 0.717) is 24.7 Å². The van der Waals surface area contributed by atoms with Gasteiger partial charge in [-0.15, -0.1) is 0 Å². The van der Waals surface area contributed by atoms with Gasteiger partial charge in [-0.3, -0.25) is 19.8 Å². The number of likely N-dealkylation sites (tertiary alicyclic amines) is 1. The van der Waals surface area contributed by atoms with Gasteiger partial charge in [0.2, 0.25) is 5.91 Å². The highest BCUT2D eigenvalue weighted by Crippen LogP contribution is 2.28. The van der Waals surface area contributed by atoms with E-state index in [4.69, 9.17) is 4.74 Å². The molecule has 0 radical (unpaired) electrons. The van der Waals surface area contributed by atoms with Crippen molar-refractivity contribution in [1.29, 1.82) is 0 Å². The number of hydrogen-bond donors (Lipinski definition) is 1. The molecule has 1 aromatic rings. The molecule has 0 aromatic heterocycles. The van der Waals surface area contributed by atoms with Crippen molar-refractivity contribution in [1.82, 2.24) is 10.2 Å². The topological polar surface area (TPSA) is 84.7 Å². The van der Waals surface area contributed by atoms with E-state index >= 15 is 0 Å². The number of rotatable bonds is 8. The lowest BCUT2D eigenvalue weighted by Gasteiger charge is -2.32. The van der Waals surface area contributed by atoms with Crippen molar-refractivity contribution in [3.05, 3.63) is 34.4 Å². The highest BCUT2D eigenvalue weighted by molar-refractivity contribution is 5.76. The molecule has 3 rings (SSSR count). The van der Waals surface area contributed by atoms with E-state index in [1.807, 2.05) is 0 Å². The average molecular weight is 375 g/mol. The fourth-order valence-corrected chi connectivity index (χ4v) is 4.08. The second-order valence-corrected chi connectivity index (χ2v) is 7.61. The third-order valence-corrected chi connectivity index (χ3v) is 5.63. The van der Waals surface area contributed by atoms with Crippen molar-refractivity contribution in [2.24, 2.45) is 5.92 Å². The molecule has 1 saturated carbocycles. The Morgan fingerprint density at radius 3 is 2.59 bits per heavy atom. The lowest BCUT2D eigenvalue weighted by Crippen LogP contribution is -2.45. The van der Waals surface area contributed by atoms with Gasteiger partial charge < -0.3 is 10.1 Å². The summed E-state index contributed by atoms with van der Waals surface area (Å²) in [5.74, 6) is 1.11. The molecule has 1 aliphatic heterocycles. The van der Waals surface area contributed by atoms with Crippen LogP contribution in [0.15, 0.2) is 24.3 Å². The SMILES string of the molecule is O=C(CC1CCCC1)NC1CCN(CCOc2ccccc2[N+](=O)[O-])CC1. The Morgan fingerprint density at radius 2 is 1.89 bits per heavy atom. The zero-order valence-electron chi connectivity index (χ0n) is 15.8. The number of para-hydroxylation sites is 2. The summed E-state index contributed by atoms with van der Waals surface area (Å²) >= 11 is 0. The van der Waals surface area contributed by atoms with Crippen LogP contribution in [0.25, 0.3) is 0 Å². The standard InChI is InChI=1S/C20H29N3O4/c24-20(15-16-5-1-2-6-16)21-17-9-11-22(12-10-17)13-14-27-19-8-4-3-7-18(19)23(25)26/h3-4,7-8,16-17H,1-2,5-6,9-15H2,(H,21,24). The Bertz CT molecular complexity index is 638. The van der Waals surface area contributed by atoms with Crippen LogP contribution in [-0.4, -0.2) is 48.0 Å². The molecule has 1 N–H and O–H groups in total. The molecular formula is C20H29N3O4. The first-order valence-electron chi connectivity index (χ1n) is 10.00. The summed E-state index contributed by atoms with van der Waals surface area (Å²) in [6.07, 6.45) is 7.51. The maximum absolute atomic E-state index is 12.2. The fraction of sp³-hybridized carbons (Fsp3) is 0.650. The van der Waals surface area contributed by atoms with E-state index in [9.17, 15) is 14.9 Å². The van der Waals surface area contributed by atoms with Crippen LogP contribution < -0.4 is 10.1 Å². The summed E-state index contributed by atoms with van der Waals surface area (Å²) in [5, 5.41) is 14.2. The Balaban J connectivity index is 1.34. The lowest BCUT2D eigenvalue weighted by molar-refractivity contribution is -0.385. The molecule has 7 heteroatoms. The van der Waals surface area contributed by atoms with Gasteiger partial charge >= 0.3 is 5.69 Å². The van der Waals surface area contributed by atoms with Gasteiger partial charge in [0.1, 0.15) is 6.61 Å². The number of nitrogens with zero attached hydrogens (tertiary/aromatic N) is 2. The summed E-state index contributed by atoms with van der Waals surface area (Å²) in [6.45, 7) is 2.97. The first-order valence-corrected chi connectivity index (χ1v) is 10.00. The fourth-order valence-electron chi connectivity index (χ4n) is 4.08. The number of benzene rings is 1. The number of nitro groups is 1. The van der Waals surface area contributed by atoms with Crippen molar-refractivity contribution >= 4 is 11.6 Å². The predicted octanol–water partition coefficient (Wildman–Crippen LogP) is 3.13. The smallest absolute Gasteiger partial charge is 0.310 e.